The highest BCUT2D eigenvalue weighted by Crippen LogP contribution is 2.24. The molecular weight excluding hydrogens is 552 g/mol. The number of aromatic nitrogens is 6. The van der Waals surface area contributed by atoms with E-state index in [1.807, 2.05) is 53.9 Å². The van der Waals surface area contributed by atoms with Gasteiger partial charge in [0.2, 0.25) is 0 Å². The zero-order valence-electron chi connectivity index (χ0n) is 30.6. The van der Waals surface area contributed by atoms with E-state index in [9.17, 15) is 0 Å². The maximum Gasteiger partial charge on any atom is 0.0690 e. The highest BCUT2D eigenvalue weighted by atomic mass is 15.1. The van der Waals surface area contributed by atoms with Gasteiger partial charge in [0.1, 0.15) is 0 Å². The highest BCUT2D eigenvalue weighted by molar-refractivity contribution is 5.26. The second-order valence-corrected chi connectivity index (χ2v) is 11.1. The van der Waals surface area contributed by atoms with Gasteiger partial charge in [0.15, 0.2) is 0 Å². The summed E-state index contributed by atoms with van der Waals surface area (Å²) in [6.45, 7) is 38.1. The zero-order valence-corrected chi connectivity index (χ0v) is 30.6. The molecule has 3 aromatic heterocycles. The van der Waals surface area contributed by atoms with Gasteiger partial charge in [0, 0.05) is 12.4 Å². The Balaban J connectivity index is -0.000000113. The number of hydrogen-bond donors (Lipinski definition) is 0. The molecule has 3 heterocycles. The Bertz CT molecular complexity index is 814. The highest BCUT2D eigenvalue weighted by Gasteiger charge is 2.12. The quantitative estimate of drug-likeness (QED) is 0.270. The number of nitrogens with zero attached hydrogens (tertiary/aromatic N) is 6. The summed E-state index contributed by atoms with van der Waals surface area (Å²) in [6, 6.07) is 4.12. The van der Waals surface area contributed by atoms with Crippen molar-refractivity contribution in [1.82, 2.24) is 30.6 Å². The Hall–Kier alpha value is -2.76. The van der Waals surface area contributed by atoms with E-state index in [1.54, 1.807) is 12.4 Å². The van der Waals surface area contributed by atoms with E-state index in [4.69, 9.17) is 0 Å². The predicted octanol–water partition coefficient (Wildman–Crippen LogP) is 13.2. The molecule has 0 spiro atoms. The summed E-state index contributed by atoms with van der Waals surface area (Å²) in [5.41, 5.74) is 7.54. The molecule has 0 aliphatic heterocycles. The first-order valence-corrected chi connectivity index (χ1v) is 16.3. The van der Waals surface area contributed by atoms with Crippen molar-refractivity contribution < 1.29 is 0 Å². The summed E-state index contributed by atoms with van der Waals surface area (Å²) in [5, 5.41) is 23.9. The molecule has 45 heavy (non-hydrogen) atoms. The van der Waals surface area contributed by atoms with Crippen LogP contribution < -0.4 is 0 Å². The van der Waals surface area contributed by atoms with E-state index in [2.05, 4.69) is 126 Å². The molecule has 0 saturated carbocycles. The molecule has 0 radical (unpaired) electrons. The third-order valence-electron chi connectivity index (χ3n) is 5.94. The maximum absolute atomic E-state index is 4.15. The molecule has 0 aliphatic carbocycles. The summed E-state index contributed by atoms with van der Waals surface area (Å²) in [4.78, 5) is 0. The molecule has 0 N–H and O–H groups in total. The van der Waals surface area contributed by atoms with Crippen LogP contribution in [0.4, 0.5) is 0 Å². The molecule has 0 bridgehead atoms. The summed E-state index contributed by atoms with van der Waals surface area (Å²) >= 11 is 0. The van der Waals surface area contributed by atoms with Gasteiger partial charge in [-0.1, -0.05) is 147 Å². The minimum absolute atomic E-state index is 0. The van der Waals surface area contributed by atoms with Crippen molar-refractivity contribution in [3.8, 4) is 0 Å². The van der Waals surface area contributed by atoms with Gasteiger partial charge in [-0.05, 0) is 69.9 Å². The Morgan fingerprint density at radius 1 is 0.356 bits per heavy atom. The smallest absolute Gasteiger partial charge is 0.0690 e. The van der Waals surface area contributed by atoms with Crippen LogP contribution in [0.3, 0.4) is 0 Å². The van der Waals surface area contributed by atoms with Crippen molar-refractivity contribution in [2.45, 2.75) is 182 Å². The molecule has 3 rings (SSSR count). The van der Waals surface area contributed by atoms with Crippen molar-refractivity contribution in [3.05, 3.63) is 70.6 Å². The summed E-state index contributed by atoms with van der Waals surface area (Å²) in [5.74, 6) is 3.10. The lowest BCUT2D eigenvalue weighted by molar-refractivity contribution is 0.729. The third-order valence-corrected chi connectivity index (χ3v) is 5.94. The van der Waals surface area contributed by atoms with E-state index >= 15 is 0 Å². The standard InChI is InChI=1S/3C10H16N2.3C2H6.3CH4/c1-7(2)9-5-11-12-6-10(9)8(3)4;2*1-7(2)9-5-6-11-12-10(9)8(3)4;3*1-2;;;/h3*5-8H,1-4H3;3*1-2H3;3*1H4. The van der Waals surface area contributed by atoms with Crippen LogP contribution >= 0.6 is 0 Å². The molecular formula is C39H78N6. The first-order valence-electron chi connectivity index (χ1n) is 16.3. The van der Waals surface area contributed by atoms with E-state index in [0.29, 0.717) is 35.5 Å². The number of rotatable bonds is 6. The van der Waals surface area contributed by atoms with Gasteiger partial charge >= 0.3 is 0 Å². The molecule has 6 nitrogen and oxygen atoms in total. The van der Waals surface area contributed by atoms with Crippen molar-refractivity contribution in [2.75, 3.05) is 0 Å². The van der Waals surface area contributed by atoms with Crippen LogP contribution in [0.2, 0.25) is 0 Å². The minimum atomic E-state index is 0. The van der Waals surface area contributed by atoms with Gasteiger partial charge in [-0.15, -0.1) is 0 Å². The minimum Gasteiger partial charge on any atom is -0.159 e. The largest absolute Gasteiger partial charge is 0.159 e. The molecule has 0 unspecified atom stereocenters. The first-order chi connectivity index (χ1) is 19.9. The van der Waals surface area contributed by atoms with E-state index in [1.165, 1.54) is 22.3 Å². The SMILES string of the molecule is C.C.C.CC.CC.CC.CC(C)c1ccnnc1C(C)C.CC(C)c1ccnnc1C(C)C.CC(C)c1cnncc1C(C)C. The number of hydrogen-bond acceptors (Lipinski definition) is 6. The Morgan fingerprint density at radius 2 is 0.600 bits per heavy atom. The molecule has 0 fully saturated rings. The molecule has 0 aromatic carbocycles. The fourth-order valence-corrected chi connectivity index (χ4v) is 3.88. The first kappa shape index (κ1) is 54.7. The van der Waals surface area contributed by atoms with Gasteiger partial charge in [0.25, 0.3) is 0 Å². The molecule has 6 heteroatoms. The van der Waals surface area contributed by atoms with Crippen LogP contribution in [-0.4, -0.2) is 30.6 Å². The van der Waals surface area contributed by atoms with Gasteiger partial charge in [-0.2, -0.15) is 30.6 Å². The van der Waals surface area contributed by atoms with Crippen molar-refractivity contribution in [1.29, 1.82) is 0 Å². The lowest BCUT2D eigenvalue weighted by Crippen LogP contribution is -2.02. The molecule has 0 amide bonds. The molecule has 0 saturated heterocycles. The van der Waals surface area contributed by atoms with Gasteiger partial charge < -0.3 is 0 Å². The van der Waals surface area contributed by atoms with Crippen LogP contribution in [0.5, 0.6) is 0 Å². The normalized spacial score (nSPS) is 9.33. The van der Waals surface area contributed by atoms with Crippen LogP contribution in [0.15, 0.2) is 36.9 Å². The average molecular weight is 631 g/mol. The van der Waals surface area contributed by atoms with Crippen molar-refractivity contribution in [2.24, 2.45) is 0 Å². The van der Waals surface area contributed by atoms with E-state index < -0.39 is 0 Å². The average Bonchev–Trinajstić information content (AvgIpc) is 3.00. The Labute approximate surface area is 283 Å². The zero-order chi connectivity index (χ0) is 33.4. The molecule has 3 aromatic rings. The summed E-state index contributed by atoms with van der Waals surface area (Å²) in [6.07, 6.45) is 7.28. The van der Waals surface area contributed by atoms with Gasteiger partial charge in [-0.3, -0.25) is 0 Å². The lowest BCUT2D eigenvalue weighted by Gasteiger charge is -2.13. The second kappa shape index (κ2) is 32.6. The van der Waals surface area contributed by atoms with Gasteiger partial charge in [0.05, 0.1) is 23.8 Å². The van der Waals surface area contributed by atoms with E-state index in [-0.39, 0.29) is 22.3 Å². The third kappa shape index (κ3) is 21.6. The van der Waals surface area contributed by atoms with Crippen molar-refractivity contribution >= 4 is 0 Å². The van der Waals surface area contributed by atoms with Crippen LogP contribution in [-0.2, 0) is 0 Å². The van der Waals surface area contributed by atoms with Crippen LogP contribution in [0, 0.1) is 0 Å². The van der Waals surface area contributed by atoms with Gasteiger partial charge in [-0.25, -0.2) is 0 Å². The lowest BCUT2D eigenvalue weighted by atomic mass is 9.94. The topological polar surface area (TPSA) is 77.3 Å². The fourth-order valence-electron chi connectivity index (χ4n) is 3.88. The molecule has 264 valence electrons. The van der Waals surface area contributed by atoms with Crippen molar-refractivity contribution in [3.63, 3.8) is 0 Å². The Morgan fingerprint density at radius 3 is 0.778 bits per heavy atom. The van der Waals surface area contributed by atoms with Crippen LogP contribution in [0.1, 0.15) is 216 Å². The van der Waals surface area contributed by atoms with E-state index in [0.717, 1.165) is 11.4 Å². The fraction of sp³-hybridized carbons (Fsp3) is 0.692. The second-order valence-electron chi connectivity index (χ2n) is 11.1. The molecule has 0 aliphatic rings. The Kier molecular flexibility index (Phi) is 39.7. The monoisotopic (exact) mass is 631 g/mol. The summed E-state index contributed by atoms with van der Waals surface area (Å²) < 4.78 is 0. The summed E-state index contributed by atoms with van der Waals surface area (Å²) in [7, 11) is 0. The maximum atomic E-state index is 4.15. The van der Waals surface area contributed by atoms with Crippen LogP contribution in [0.25, 0.3) is 0 Å². The molecule has 0 atom stereocenters. The predicted molar refractivity (Wildman–Crippen MR) is 205 cm³/mol.